The number of ketones is 1. The van der Waals surface area contributed by atoms with Crippen LogP contribution in [-0.4, -0.2) is 25.3 Å². The third kappa shape index (κ3) is 3.15. The van der Waals surface area contributed by atoms with Crippen molar-refractivity contribution in [2.45, 2.75) is 26.6 Å². The molecule has 0 aliphatic carbocycles. The number of allylic oxidation sites excluding steroid dienone is 2. The highest BCUT2D eigenvalue weighted by Crippen LogP contribution is 2.08. The van der Waals surface area contributed by atoms with Gasteiger partial charge in [-0.1, -0.05) is 5.57 Å². The quantitative estimate of drug-likeness (QED) is 0.598. The fourth-order valence-electron chi connectivity index (χ4n) is 1.07. The minimum atomic E-state index is -0.312. The van der Waals surface area contributed by atoms with Crippen molar-refractivity contribution in [2.24, 2.45) is 0 Å². The first-order valence-electron chi connectivity index (χ1n) is 4.09. The lowest BCUT2D eigenvalue weighted by atomic mass is 10.2. The van der Waals surface area contributed by atoms with Crippen LogP contribution in [0.2, 0.25) is 0 Å². The van der Waals surface area contributed by atoms with Gasteiger partial charge in [0, 0.05) is 0 Å². The molecule has 0 radical (unpaired) electrons. The average Bonchev–Trinajstić information content (AvgIpc) is 2.37. The molecule has 1 saturated heterocycles. The number of ether oxygens (including phenoxy) is 2. The van der Waals surface area contributed by atoms with E-state index in [-0.39, 0.29) is 12.1 Å². The number of carbonyl (C=O) groups excluding carboxylic acids is 1. The van der Waals surface area contributed by atoms with E-state index in [0.717, 1.165) is 5.57 Å². The Morgan fingerprint density at radius 1 is 1.42 bits per heavy atom. The SMILES string of the molecule is CC(C)=CC(=O)CC1OCCO1. The van der Waals surface area contributed by atoms with Gasteiger partial charge in [-0.05, 0) is 19.9 Å². The summed E-state index contributed by atoms with van der Waals surface area (Å²) in [6, 6.07) is 0. The van der Waals surface area contributed by atoms with Gasteiger partial charge in [-0.15, -0.1) is 0 Å². The molecule has 3 heteroatoms. The molecule has 3 nitrogen and oxygen atoms in total. The van der Waals surface area contributed by atoms with Crippen LogP contribution in [0.3, 0.4) is 0 Å². The van der Waals surface area contributed by atoms with E-state index in [1.165, 1.54) is 0 Å². The molecule has 0 saturated carbocycles. The van der Waals surface area contributed by atoms with Crippen LogP contribution in [0.15, 0.2) is 11.6 Å². The van der Waals surface area contributed by atoms with Gasteiger partial charge in [0.25, 0.3) is 0 Å². The zero-order valence-electron chi connectivity index (χ0n) is 7.50. The maximum Gasteiger partial charge on any atom is 0.165 e. The van der Waals surface area contributed by atoms with Crippen LogP contribution >= 0.6 is 0 Å². The Labute approximate surface area is 72.4 Å². The highest BCUT2D eigenvalue weighted by Gasteiger charge is 2.18. The summed E-state index contributed by atoms with van der Waals surface area (Å²) in [7, 11) is 0. The molecule has 0 aromatic heterocycles. The van der Waals surface area contributed by atoms with Crippen LogP contribution in [0.4, 0.5) is 0 Å². The Morgan fingerprint density at radius 3 is 2.50 bits per heavy atom. The topological polar surface area (TPSA) is 35.5 Å². The molecule has 0 bridgehead atoms. The van der Waals surface area contributed by atoms with Gasteiger partial charge in [0.2, 0.25) is 0 Å². The standard InChI is InChI=1S/C9H14O3/c1-7(2)5-8(10)6-9-11-3-4-12-9/h5,9H,3-4,6H2,1-2H3. The molecular formula is C9H14O3. The van der Waals surface area contributed by atoms with Crippen LogP contribution in [-0.2, 0) is 14.3 Å². The summed E-state index contributed by atoms with van der Waals surface area (Å²) in [5.74, 6) is 0.0712. The van der Waals surface area contributed by atoms with Crippen molar-refractivity contribution in [3.8, 4) is 0 Å². The van der Waals surface area contributed by atoms with Crippen molar-refractivity contribution >= 4 is 5.78 Å². The van der Waals surface area contributed by atoms with E-state index >= 15 is 0 Å². The Kier molecular flexibility index (Phi) is 3.44. The zero-order valence-corrected chi connectivity index (χ0v) is 7.50. The molecular weight excluding hydrogens is 156 g/mol. The summed E-state index contributed by atoms with van der Waals surface area (Å²) in [5, 5.41) is 0. The van der Waals surface area contributed by atoms with E-state index in [4.69, 9.17) is 9.47 Å². The molecule has 1 aliphatic rings. The molecule has 12 heavy (non-hydrogen) atoms. The third-order valence-corrected chi connectivity index (χ3v) is 1.51. The normalized spacial score (nSPS) is 17.8. The molecule has 68 valence electrons. The van der Waals surface area contributed by atoms with E-state index in [2.05, 4.69) is 0 Å². The molecule has 0 unspecified atom stereocenters. The summed E-state index contributed by atoms with van der Waals surface area (Å²) < 4.78 is 10.3. The lowest BCUT2D eigenvalue weighted by Crippen LogP contribution is -2.12. The van der Waals surface area contributed by atoms with Gasteiger partial charge in [0.1, 0.15) is 0 Å². The van der Waals surface area contributed by atoms with Crippen molar-refractivity contribution in [1.82, 2.24) is 0 Å². The minimum Gasteiger partial charge on any atom is -0.350 e. The maximum atomic E-state index is 11.2. The molecule has 1 heterocycles. The second kappa shape index (κ2) is 4.38. The van der Waals surface area contributed by atoms with E-state index in [9.17, 15) is 4.79 Å². The van der Waals surface area contributed by atoms with Crippen LogP contribution in [0.25, 0.3) is 0 Å². The van der Waals surface area contributed by atoms with E-state index in [0.29, 0.717) is 19.6 Å². The maximum absolute atomic E-state index is 11.2. The van der Waals surface area contributed by atoms with Crippen molar-refractivity contribution in [3.05, 3.63) is 11.6 Å². The lowest BCUT2D eigenvalue weighted by Gasteiger charge is -2.05. The first kappa shape index (κ1) is 9.42. The van der Waals surface area contributed by atoms with Crippen LogP contribution in [0.1, 0.15) is 20.3 Å². The summed E-state index contributed by atoms with van der Waals surface area (Å²) in [4.78, 5) is 11.2. The van der Waals surface area contributed by atoms with Crippen molar-refractivity contribution in [2.75, 3.05) is 13.2 Å². The van der Waals surface area contributed by atoms with Crippen molar-refractivity contribution in [3.63, 3.8) is 0 Å². The Bertz CT molecular complexity index is 186. The predicted octanol–water partition coefficient (Wildman–Crippen LogP) is 1.28. The molecule has 0 aromatic rings. The average molecular weight is 170 g/mol. The fourth-order valence-corrected chi connectivity index (χ4v) is 1.07. The summed E-state index contributed by atoms with van der Waals surface area (Å²) in [5.41, 5.74) is 1.01. The molecule has 1 fully saturated rings. The zero-order chi connectivity index (χ0) is 8.97. The van der Waals surface area contributed by atoms with E-state index in [1.54, 1.807) is 6.08 Å². The summed E-state index contributed by atoms with van der Waals surface area (Å²) >= 11 is 0. The molecule has 1 aliphatic heterocycles. The fraction of sp³-hybridized carbons (Fsp3) is 0.667. The van der Waals surface area contributed by atoms with Crippen LogP contribution in [0, 0.1) is 0 Å². The Hall–Kier alpha value is -0.670. The highest BCUT2D eigenvalue weighted by atomic mass is 16.7. The minimum absolute atomic E-state index is 0.0712. The van der Waals surface area contributed by atoms with Gasteiger partial charge < -0.3 is 9.47 Å². The smallest absolute Gasteiger partial charge is 0.165 e. The van der Waals surface area contributed by atoms with Gasteiger partial charge in [-0.25, -0.2) is 0 Å². The van der Waals surface area contributed by atoms with E-state index < -0.39 is 0 Å². The van der Waals surface area contributed by atoms with Gasteiger partial charge in [-0.2, -0.15) is 0 Å². The number of hydrogen-bond donors (Lipinski definition) is 0. The van der Waals surface area contributed by atoms with E-state index in [1.807, 2.05) is 13.8 Å². The molecule has 1 rings (SSSR count). The molecule has 0 atom stereocenters. The molecule has 0 N–H and O–H groups in total. The Balaban J connectivity index is 2.30. The largest absolute Gasteiger partial charge is 0.350 e. The highest BCUT2D eigenvalue weighted by molar-refractivity contribution is 5.90. The second-order valence-corrected chi connectivity index (χ2v) is 3.06. The first-order chi connectivity index (χ1) is 5.68. The second-order valence-electron chi connectivity index (χ2n) is 3.06. The van der Waals surface area contributed by atoms with Gasteiger partial charge >= 0.3 is 0 Å². The number of carbonyl (C=O) groups is 1. The predicted molar refractivity (Wildman–Crippen MR) is 44.7 cm³/mol. The first-order valence-corrected chi connectivity index (χ1v) is 4.09. The van der Waals surface area contributed by atoms with Crippen molar-refractivity contribution < 1.29 is 14.3 Å². The van der Waals surface area contributed by atoms with Crippen LogP contribution in [0.5, 0.6) is 0 Å². The van der Waals surface area contributed by atoms with Crippen molar-refractivity contribution in [1.29, 1.82) is 0 Å². The third-order valence-electron chi connectivity index (χ3n) is 1.51. The molecule has 0 aromatic carbocycles. The number of hydrogen-bond acceptors (Lipinski definition) is 3. The molecule has 0 spiro atoms. The molecule has 0 amide bonds. The lowest BCUT2D eigenvalue weighted by molar-refractivity contribution is -0.122. The summed E-state index contributed by atoms with van der Waals surface area (Å²) in [6.45, 7) is 5.00. The van der Waals surface area contributed by atoms with Crippen LogP contribution < -0.4 is 0 Å². The summed E-state index contributed by atoms with van der Waals surface area (Å²) in [6.07, 6.45) is 1.64. The number of rotatable bonds is 3. The van der Waals surface area contributed by atoms with Gasteiger partial charge in [0.05, 0.1) is 19.6 Å². The monoisotopic (exact) mass is 170 g/mol. The Morgan fingerprint density at radius 2 is 2.00 bits per heavy atom. The van der Waals surface area contributed by atoms with Gasteiger partial charge in [-0.3, -0.25) is 4.79 Å². The van der Waals surface area contributed by atoms with Gasteiger partial charge in [0.15, 0.2) is 12.1 Å².